The van der Waals surface area contributed by atoms with E-state index in [4.69, 9.17) is 0 Å². The first-order valence-electron chi connectivity index (χ1n) is 5.84. The Morgan fingerprint density at radius 3 is 2.58 bits per heavy atom. The van der Waals surface area contributed by atoms with Crippen molar-refractivity contribution in [2.24, 2.45) is 0 Å². The number of carbonyl (C=O) groups excluding carboxylic acids is 1. The van der Waals surface area contributed by atoms with E-state index in [0.29, 0.717) is 11.3 Å². The number of phenols is 1. The zero-order chi connectivity index (χ0) is 14.0. The van der Waals surface area contributed by atoms with Crippen LogP contribution in [-0.2, 0) is 0 Å². The third-order valence-corrected chi connectivity index (χ3v) is 2.83. The van der Waals surface area contributed by atoms with Crippen molar-refractivity contribution in [1.82, 2.24) is 0 Å². The van der Waals surface area contributed by atoms with E-state index in [9.17, 15) is 14.3 Å². The van der Waals surface area contributed by atoms with Gasteiger partial charge in [0.1, 0.15) is 11.6 Å². The predicted molar refractivity (Wildman–Crippen MR) is 71.9 cm³/mol. The molecule has 0 saturated heterocycles. The molecule has 0 aromatic heterocycles. The fraction of sp³-hybridized carbons (Fsp3) is 0.133. The average Bonchev–Trinajstić information content (AvgIpc) is 2.36. The molecule has 0 aliphatic heterocycles. The first kappa shape index (κ1) is 13.1. The smallest absolute Gasteiger partial charge is 0.258 e. The number of hydrogen-bond acceptors (Lipinski definition) is 2. The Morgan fingerprint density at radius 2 is 1.89 bits per heavy atom. The summed E-state index contributed by atoms with van der Waals surface area (Å²) in [5, 5.41) is 12.1. The minimum Gasteiger partial charge on any atom is -0.508 e. The van der Waals surface area contributed by atoms with Gasteiger partial charge in [0.2, 0.25) is 0 Å². The maximum Gasteiger partial charge on any atom is 0.258 e. The molecule has 0 aliphatic carbocycles. The summed E-state index contributed by atoms with van der Waals surface area (Å²) in [6.07, 6.45) is 0. The predicted octanol–water partition coefficient (Wildman–Crippen LogP) is 3.40. The number of anilines is 1. The monoisotopic (exact) mass is 259 g/mol. The van der Waals surface area contributed by atoms with Gasteiger partial charge in [0.05, 0.1) is 5.56 Å². The van der Waals surface area contributed by atoms with Crippen LogP contribution in [0.2, 0.25) is 0 Å². The number of aryl methyl sites for hydroxylation is 2. The second-order valence-corrected chi connectivity index (χ2v) is 4.44. The van der Waals surface area contributed by atoms with Crippen molar-refractivity contribution >= 4 is 11.6 Å². The van der Waals surface area contributed by atoms with Gasteiger partial charge in [-0.15, -0.1) is 0 Å². The SMILES string of the molecule is Cc1ccc(F)c(C(=O)Nc2ccc(C)c(O)c2)c1. The summed E-state index contributed by atoms with van der Waals surface area (Å²) in [6.45, 7) is 3.54. The van der Waals surface area contributed by atoms with E-state index < -0.39 is 11.7 Å². The molecule has 3 nitrogen and oxygen atoms in total. The van der Waals surface area contributed by atoms with Gasteiger partial charge in [-0.2, -0.15) is 0 Å². The molecular weight excluding hydrogens is 245 g/mol. The van der Waals surface area contributed by atoms with Gasteiger partial charge in [0.15, 0.2) is 0 Å². The van der Waals surface area contributed by atoms with Gasteiger partial charge in [-0.1, -0.05) is 17.7 Å². The Morgan fingerprint density at radius 1 is 1.16 bits per heavy atom. The van der Waals surface area contributed by atoms with E-state index in [1.54, 1.807) is 32.0 Å². The van der Waals surface area contributed by atoms with Gasteiger partial charge < -0.3 is 10.4 Å². The molecule has 4 heteroatoms. The summed E-state index contributed by atoms with van der Waals surface area (Å²) in [5.74, 6) is -1.02. The lowest BCUT2D eigenvalue weighted by molar-refractivity contribution is 0.102. The van der Waals surface area contributed by atoms with E-state index in [1.807, 2.05) is 0 Å². The Hall–Kier alpha value is -2.36. The molecule has 0 bridgehead atoms. The summed E-state index contributed by atoms with van der Waals surface area (Å²) in [4.78, 5) is 12.0. The van der Waals surface area contributed by atoms with Gasteiger partial charge in [-0.25, -0.2) is 4.39 Å². The minimum atomic E-state index is -0.570. The van der Waals surface area contributed by atoms with Crippen molar-refractivity contribution in [1.29, 1.82) is 0 Å². The molecule has 2 rings (SSSR count). The minimum absolute atomic E-state index is 0.0138. The standard InChI is InChI=1S/C15H14FNO2/c1-9-3-6-13(16)12(7-9)15(19)17-11-5-4-10(2)14(18)8-11/h3-8,18H,1-2H3,(H,17,19). The van der Waals surface area contributed by atoms with Crippen LogP contribution < -0.4 is 5.32 Å². The molecule has 2 N–H and O–H groups in total. The van der Waals surface area contributed by atoms with Crippen LogP contribution in [0.3, 0.4) is 0 Å². The van der Waals surface area contributed by atoms with Gasteiger partial charge in [0.25, 0.3) is 5.91 Å². The quantitative estimate of drug-likeness (QED) is 0.868. The molecular formula is C15H14FNO2. The number of phenolic OH excluding ortho intramolecular Hbond substituents is 1. The highest BCUT2D eigenvalue weighted by Gasteiger charge is 2.12. The van der Waals surface area contributed by atoms with Crippen LogP contribution in [0.1, 0.15) is 21.5 Å². The summed E-state index contributed by atoms with van der Waals surface area (Å²) < 4.78 is 13.6. The van der Waals surface area contributed by atoms with Crippen LogP contribution in [0, 0.1) is 19.7 Å². The maximum atomic E-state index is 13.6. The van der Waals surface area contributed by atoms with E-state index in [1.165, 1.54) is 18.2 Å². The van der Waals surface area contributed by atoms with E-state index in [0.717, 1.165) is 5.56 Å². The lowest BCUT2D eigenvalue weighted by atomic mass is 10.1. The number of aromatic hydroxyl groups is 1. The van der Waals surface area contributed by atoms with Crippen LogP contribution in [0.4, 0.5) is 10.1 Å². The molecule has 0 atom stereocenters. The topological polar surface area (TPSA) is 49.3 Å². The second kappa shape index (κ2) is 5.10. The van der Waals surface area contributed by atoms with Gasteiger partial charge in [0, 0.05) is 11.8 Å². The zero-order valence-electron chi connectivity index (χ0n) is 10.7. The largest absolute Gasteiger partial charge is 0.508 e. The lowest BCUT2D eigenvalue weighted by Gasteiger charge is -2.08. The highest BCUT2D eigenvalue weighted by Crippen LogP contribution is 2.21. The fourth-order valence-corrected chi connectivity index (χ4v) is 1.70. The number of nitrogens with one attached hydrogen (secondary N) is 1. The Kier molecular flexibility index (Phi) is 3.51. The number of rotatable bonds is 2. The molecule has 0 saturated carbocycles. The molecule has 0 fully saturated rings. The van der Waals surface area contributed by atoms with Crippen molar-refractivity contribution in [3.05, 3.63) is 58.9 Å². The Bertz CT molecular complexity index is 638. The Labute approximate surface area is 110 Å². The fourth-order valence-electron chi connectivity index (χ4n) is 1.70. The molecule has 2 aromatic carbocycles. The van der Waals surface area contributed by atoms with Crippen LogP contribution in [0.25, 0.3) is 0 Å². The second-order valence-electron chi connectivity index (χ2n) is 4.44. The van der Waals surface area contributed by atoms with Crippen molar-refractivity contribution in [2.75, 3.05) is 5.32 Å². The molecule has 1 amide bonds. The van der Waals surface area contributed by atoms with Gasteiger partial charge >= 0.3 is 0 Å². The zero-order valence-corrected chi connectivity index (χ0v) is 10.7. The molecule has 2 aromatic rings. The van der Waals surface area contributed by atoms with Crippen molar-refractivity contribution in [2.45, 2.75) is 13.8 Å². The van der Waals surface area contributed by atoms with Gasteiger partial charge in [-0.05, 0) is 37.6 Å². The lowest BCUT2D eigenvalue weighted by Crippen LogP contribution is -2.14. The Balaban J connectivity index is 2.25. The molecule has 0 aliphatic rings. The van der Waals surface area contributed by atoms with Crippen LogP contribution in [0.15, 0.2) is 36.4 Å². The summed E-state index contributed by atoms with van der Waals surface area (Å²) in [6, 6.07) is 9.11. The highest BCUT2D eigenvalue weighted by atomic mass is 19.1. The maximum absolute atomic E-state index is 13.6. The first-order valence-corrected chi connectivity index (χ1v) is 5.84. The van der Waals surface area contributed by atoms with Crippen LogP contribution >= 0.6 is 0 Å². The van der Waals surface area contributed by atoms with Crippen molar-refractivity contribution in [3.8, 4) is 5.75 Å². The molecule has 0 unspecified atom stereocenters. The van der Waals surface area contributed by atoms with Gasteiger partial charge in [-0.3, -0.25) is 4.79 Å². The summed E-state index contributed by atoms with van der Waals surface area (Å²) in [7, 11) is 0. The first-order chi connectivity index (χ1) is 8.97. The average molecular weight is 259 g/mol. The number of carbonyl (C=O) groups is 1. The van der Waals surface area contributed by atoms with E-state index in [2.05, 4.69) is 5.32 Å². The number of benzene rings is 2. The summed E-state index contributed by atoms with van der Waals surface area (Å²) in [5.41, 5.74) is 1.92. The molecule has 0 spiro atoms. The van der Waals surface area contributed by atoms with Crippen LogP contribution in [0.5, 0.6) is 5.75 Å². The van der Waals surface area contributed by atoms with E-state index in [-0.39, 0.29) is 11.3 Å². The van der Waals surface area contributed by atoms with Crippen molar-refractivity contribution < 1.29 is 14.3 Å². The summed E-state index contributed by atoms with van der Waals surface area (Å²) >= 11 is 0. The number of halogens is 1. The van der Waals surface area contributed by atoms with E-state index >= 15 is 0 Å². The number of hydrogen-bond donors (Lipinski definition) is 2. The third-order valence-electron chi connectivity index (χ3n) is 2.83. The normalized spacial score (nSPS) is 10.3. The molecule has 19 heavy (non-hydrogen) atoms. The molecule has 98 valence electrons. The number of amides is 1. The third kappa shape index (κ3) is 2.91. The molecule has 0 heterocycles. The molecule has 0 radical (unpaired) electrons. The van der Waals surface area contributed by atoms with Crippen LogP contribution in [-0.4, -0.2) is 11.0 Å². The van der Waals surface area contributed by atoms with Crippen molar-refractivity contribution in [3.63, 3.8) is 0 Å². The highest BCUT2D eigenvalue weighted by molar-refractivity contribution is 6.04.